The Morgan fingerprint density at radius 3 is 2.06 bits per heavy atom. The summed E-state index contributed by atoms with van der Waals surface area (Å²) in [7, 11) is 2.14. The number of aromatic nitrogens is 4. The predicted molar refractivity (Wildman–Crippen MR) is 119 cm³/mol. The van der Waals surface area contributed by atoms with Crippen molar-refractivity contribution >= 4 is 17.5 Å². The Morgan fingerprint density at radius 2 is 1.48 bits per heavy atom. The minimum absolute atomic E-state index is 0.0201. The van der Waals surface area contributed by atoms with Crippen molar-refractivity contribution in [3.63, 3.8) is 0 Å². The van der Waals surface area contributed by atoms with Crippen LogP contribution in [0.2, 0.25) is 0 Å². The molecule has 2 saturated heterocycles. The molecule has 31 heavy (non-hydrogen) atoms. The second kappa shape index (κ2) is 9.01. The minimum atomic E-state index is -0.201. The fourth-order valence-electron chi connectivity index (χ4n) is 3.96. The van der Waals surface area contributed by atoms with Crippen molar-refractivity contribution in [3.8, 4) is 0 Å². The lowest BCUT2D eigenvalue weighted by Crippen LogP contribution is -2.50. The van der Waals surface area contributed by atoms with Gasteiger partial charge in [0.1, 0.15) is 24.0 Å². The summed E-state index contributed by atoms with van der Waals surface area (Å²) in [6, 6.07) is 3.51. The average molecular weight is 427 g/mol. The molecule has 0 aromatic carbocycles. The molecule has 0 bridgehead atoms. The van der Waals surface area contributed by atoms with Crippen LogP contribution in [0.1, 0.15) is 11.5 Å². The van der Waals surface area contributed by atoms with E-state index >= 15 is 0 Å². The molecule has 2 aliphatic rings. The van der Waals surface area contributed by atoms with Gasteiger partial charge in [-0.25, -0.2) is 15.0 Å². The molecule has 0 spiro atoms. The van der Waals surface area contributed by atoms with Crippen LogP contribution in [0.3, 0.4) is 0 Å². The monoisotopic (exact) mass is 426 g/mol. The molecule has 10 nitrogen and oxygen atoms in total. The van der Waals surface area contributed by atoms with Gasteiger partial charge in [-0.3, -0.25) is 14.2 Å². The van der Waals surface area contributed by atoms with Crippen molar-refractivity contribution in [1.29, 1.82) is 0 Å². The van der Waals surface area contributed by atoms with Gasteiger partial charge < -0.3 is 19.6 Å². The molecule has 0 atom stereocenters. The summed E-state index contributed by atoms with van der Waals surface area (Å²) in [5.74, 6) is 2.58. The highest BCUT2D eigenvalue weighted by molar-refractivity contribution is 5.76. The number of aryl methyl sites for hydroxylation is 2. The van der Waals surface area contributed by atoms with E-state index in [1.54, 1.807) is 11.8 Å². The molecule has 2 aromatic heterocycles. The number of anilines is 2. The highest BCUT2D eigenvalue weighted by atomic mass is 16.2. The van der Waals surface area contributed by atoms with Gasteiger partial charge in [0.05, 0.1) is 6.33 Å². The number of likely N-dealkylation sites (N-methyl/N-ethyl adjacent to an activating group) is 1. The van der Waals surface area contributed by atoms with Gasteiger partial charge in [0.15, 0.2) is 0 Å². The molecule has 0 aliphatic carbocycles. The zero-order valence-corrected chi connectivity index (χ0v) is 18.5. The quantitative estimate of drug-likeness (QED) is 0.661. The summed E-state index contributed by atoms with van der Waals surface area (Å²) < 4.78 is 1.36. The third-order valence-corrected chi connectivity index (χ3v) is 5.92. The number of piperazine rings is 2. The molecule has 4 heterocycles. The Morgan fingerprint density at radius 1 is 0.903 bits per heavy atom. The number of carbonyl (C=O) groups excluding carboxylic acids is 1. The SMILES string of the molecule is Cc1cc(=O)n(CC(=O)N2CCN(c3cc(N4CCN(C)CC4)nc(C)n3)CC2)cn1. The first kappa shape index (κ1) is 21.2. The van der Waals surface area contributed by atoms with Crippen LogP contribution in [0, 0.1) is 13.8 Å². The van der Waals surface area contributed by atoms with Gasteiger partial charge in [-0.15, -0.1) is 0 Å². The largest absolute Gasteiger partial charge is 0.354 e. The lowest BCUT2D eigenvalue weighted by molar-refractivity contribution is -0.132. The molecule has 2 fully saturated rings. The van der Waals surface area contributed by atoms with Crippen LogP contribution in [0.5, 0.6) is 0 Å². The fourth-order valence-corrected chi connectivity index (χ4v) is 3.96. The molecule has 10 heteroatoms. The number of hydrogen-bond acceptors (Lipinski definition) is 8. The van der Waals surface area contributed by atoms with Crippen LogP contribution in [0.15, 0.2) is 23.3 Å². The first-order chi connectivity index (χ1) is 14.9. The summed E-state index contributed by atoms with van der Waals surface area (Å²) in [6.45, 7) is 10.3. The van der Waals surface area contributed by atoms with Crippen molar-refractivity contribution in [1.82, 2.24) is 29.3 Å². The zero-order valence-electron chi connectivity index (χ0n) is 18.5. The zero-order chi connectivity index (χ0) is 22.0. The van der Waals surface area contributed by atoms with E-state index in [0.717, 1.165) is 43.6 Å². The predicted octanol–water partition coefficient (Wildman–Crippen LogP) is -0.249. The molecule has 2 aromatic rings. The molecular formula is C21H30N8O2. The lowest BCUT2D eigenvalue weighted by Gasteiger charge is -2.37. The molecule has 4 rings (SSSR count). The van der Waals surface area contributed by atoms with Gasteiger partial charge in [0.25, 0.3) is 5.56 Å². The summed E-state index contributed by atoms with van der Waals surface area (Å²) in [4.78, 5) is 46.8. The Hall–Kier alpha value is -3.01. The normalized spacial score (nSPS) is 17.8. The van der Waals surface area contributed by atoms with E-state index < -0.39 is 0 Å². The Kier molecular flexibility index (Phi) is 6.17. The van der Waals surface area contributed by atoms with Gasteiger partial charge in [-0.2, -0.15) is 0 Å². The van der Waals surface area contributed by atoms with E-state index in [-0.39, 0.29) is 18.0 Å². The van der Waals surface area contributed by atoms with Crippen molar-refractivity contribution in [3.05, 3.63) is 40.3 Å². The van der Waals surface area contributed by atoms with Gasteiger partial charge >= 0.3 is 0 Å². The summed E-state index contributed by atoms with van der Waals surface area (Å²) in [6.07, 6.45) is 1.44. The highest BCUT2D eigenvalue weighted by Crippen LogP contribution is 2.21. The van der Waals surface area contributed by atoms with E-state index in [2.05, 4.69) is 42.8 Å². The molecule has 0 N–H and O–H groups in total. The lowest BCUT2D eigenvalue weighted by atomic mass is 10.2. The van der Waals surface area contributed by atoms with Gasteiger partial charge in [0.2, 0.25) is 5.91 Å². The maximum absolute atomic E-state index is 12.7. The smallest absolute Gasteiger partial charge is 0.253 e. The van der Waals surface area contributed by atoms with Crippen molar-refractivity contribution in [2.24, 2.45) is 0 Å². The summed E-state index contributed by atoms with van der Waals surface area (Å²) in [5.41, 5.74) is 0.450. The van der Waals surface area contributed by atoms with Crippen molar-refractivity contribution < 1.29 is 4.79 Å². The van der Waals surface area contributed by atoms with Gasteiger partial charge in [0, 0.05) is 70.2 Å². The molecule has 0 unspecified atom stereocenters. The Labute approximate surface area is 182 Å². The molecule has 1 amide bonds. The topological polar surface area (TPSA) is 90.7 Å². The molecule has 0 saturated carbocycles. The molecular weight excluding hydrogens is 396 g/mol. The number of rotatable bonds is 4. The first-order valence-electron chi connectivity index (χ1n) is 10.7. The third-order valence-electron chi connectivity index (χ3n) is 5.92. The summed E-state index contributed by atoms with van der Waals surface area (Å²) >= 11 is 0. The second-order valence-corrected chi connectivity index (χ2v) is 8.29. The number of carbonyl (C=O) groups is 1. The standard InChI is InChI=1S/C21H30N8O2/c1-16-12-20(30)29(15-22-16)14-21(31)28-10-8-27(9-11-28)19-13-18(23-17(2)24-19)26-6-4-25(3)5-7-26/h12-13,15H,4-11,14H2,1-3H3. The molecule has 0 radical (unpaired) electrons. The van der Waals surface area contributed by atoms with Crippen LogP contribution in [0.25, 0.3) is 0 Å². The summed E-state index contributed by atoms with van der Waals surface area (Å²) in [5, 5.41) is 0. The third kappa shape index (κ3) is 5.01. The van der Waals surface area contributed by atoms with E-state index in [1.807, 2.05) is 6.92 Å². The first-order valence-corrected chi connectivity index (χ1v) is 10.7. The fraction of sp³-hybridized carbons (Fsp3) is 0.571. The van der Waals surface area contributed by atoms with Crippen molar-refractivity contribution in [2.75, 3.05) is 69.2 Å². The van der Waals surface area contributed by atoms with Gasteiger partial charge in [-0.05, 0) is 20.9 Å². The van der Waals surface area contributed by atoms with Crippen LogP contribution >= 0.6 is 0 Å². The van der Waals surface area contributed by atoms with E-state index in [4.69, 9.17) is 0 Å². The van der Waals surface area contributed by atoms with E-state index in [0.29, 0.717) is 31.9 Å². The van der Waals surface area contributed by atoms with Crippen molar-refractivity contribution in [2.45, 2.75) is 20.4 Å². The van der Waals surface area contributed by atoms with Crippen LogP contribution in [0.4, 0.5) is 11.6 Å². The van der Waals surface area contributed by atoms with Gasteiger partial charge in [-0.1, -0.05) is 0 Å². The Bertz CT molecular complexity index is 991. The average Bonchev–Trinajstić information content (AvgIpc) is 2.76. The van der Waals surface area contributed by atoms with Crippen LogP contribution in [-0.4, -0.2) is 94.6 Å². The Balaban J connectivity index is 1.38. The van der Waals surface area contributed by atoms with E-state index in [1.165, 1.54) is 17.0 Å². The van der Waals surface area contributed by atoms with Crippen LogP contribution < -0.4 is 15.4 Å². The second-order valence-electron chi connectivity index (χ2n) is 8.29. The minimum Gasteiger partial charge on any atom is -0.354 e. The van der Waals surface area contributed by atoms with Crippen LogP contribution in [-0.2, 0) is 11.3 Å². The number of nitrogens with zero attached hydrogens (tertiary/aromatic N) is 8. The molecule has 2 aliphatic heterocycles. The maximum atomic E-state index is 12.7. The number of amides is 1. The highest BCUT2D eigenvalue weighted by Gasteiger charge is 2.24. The maximum Gasteiger partial charge on any atom is 0.253 e. The number of hydrogen-bond donors (Lipinski definition) is 0. The van der Waals surface area contributed by atoms with E-state index in [9.17, 15) is 9.59 Å². The molecule has 166 valence electrons.